The number of rotatable bonds is 4. The van der Waals surface area contributed by atoms with Crippen LogP contribution in [-0.2, 0) is 11.3 Å². The Morgan fingerprint density at radius 3 is 2.96 bits per heavy atom. The maximum atomic E-state index is 12.6. The monoisotopic (exact) mass is 333 g/mol. The molecule has 0 radical (unpaired) electrons. The molecule has 1 unspecified atom stereocenters. The molecule has 3 rings (SSSR count). The van der Waals surface area contributed by atoms with Gasteiger partial charge in [0.05, 0.1) is 17.9 Å². The van der Waals surface area contributed by atoms with Gasteiger partial charge in [-0.25, -0.2) is 9.67 Å². The molecule has 122 valence electrons. The molecular formula is C15H19N5O2S. The van der Waals surface area contributed by atoms with E-state index in [4.69, 9.17) is 0 Å². The van der Waals surface area contributed by atoms with Gasteiger partial charge in [0.2, 0.25) is 5.91 Å². The number of hydrogen-bond donors (Lipinski definition) is 0. The number of aromatic nitrogens is 3. The summed E-state index contributed by atoms with van der Waals surface area (Å²) >= 11 is 1.56. The maximum Gasteiger partial charge on any atom is 0.269 e. The summed E-state index contributed by atoms with van der Waals surface area (Å²) in [4.78, 5) is 32.6. The topological polar surface area (TPSA) is 71.3 Å². The van der Waals surface area contributed by atoms with E-state index in [2.05, 4.69) is 10.1 Å². The maximum absolute atomic E-state index is 12.6. The molecule has 1 saturated heterocycles. The van der Waals surface area contributed by atoms with Gasteiger partial charge < -0.3 is 9.80 Å². The van der Waals surface area contributed by atoms with E-state index in [0.29, 0.717) is 6.54 Å². The number of thiazole rings is 1. The second kappa shape index (κ2) is 6.49. The van der Waals surface area contributed by atoms with E-state index in [1.165, 1.54) is 10.7 Å². The zero-order chi connectivity index (χ0) is 16.4. The molecule has 1 amide bonds. The number of amides is 1. The lowest BCUT2D eigenvalue weighted by Gasteiger charge is -2.23. The van der Waals surface area contributed by atoms with Crippen LogP contribution in [-0.4, -0.2) is 46.2 Å². The van der Waals surface area contributed by atoms with Crippen molar-refractivity contribution in [2.75, 3.05) is 25.5 Å². The summed E-state index contributed by atoms with van der Waals surface area (Å²) in [6, 6.07) is 1.52. The summed E-state index contributed by atoms with van der Waals surface area (Å²) in [5, 5.41) is 6.98. The molecule has 3 heterocycles. The zero-order valence-electron chi connectivity index (χ0n) is 13.2. The molecule has 1 fully saturated rings. The minimum atomic E-state index is -0.269. The fraction of sp³-hybridized carbons (Fsp3) is 0.467. The molecule has 0 spiro atoms. The van der Waals surface area contributed by atoms with Crippen LogP contribution < -0.4 is 10.5 Å². The van der Waals surface area contributed by atoms with Gasteiger partial charge in [0.1, 0.15) is 11.6 Å². The zero-order valence-corrected chi connectivity index (χ0v) is 14.0. The van der Waals surface area contributed by atoms with Gasteiger partial charge in [0.25, 0.3) is 5.56 Å². The first-order valence-electron chi connectivity index (χ1n) is 7.49. The number of carbonyl (C=O) groups excluding carboxylic acids is 1. The Balaban J connectivity index is 1.75. The first-order valence-corrected chi connectivity index (χ1v) is 8.37. The molecule has 1 aliphatic heterocycles. The predicted molar refractivity (Wildman–Crippen MR) is 88.6 cm³/mol. The van der Waals surface area contributed by atoms with Crippen LogP contribution in [0, 0.1) is 0 Å². The van der Waals surface area contributed by atoms with Crippen molar-refractivity contribution in [1.29, 1.82) is 0 Å². The van der Waals surface area contributed by atoms with E-state index in [1.807, 2.05) is 24.4 Å². The Morgan fingerprint density at radius 1 is 1.48 bits per heavy atom. The van der Waals surface area contributed by atoms with Crippen LogP contribution in [0.3, 0.4) is 0 Å². The molecule has 7 nitrogen and oxygen atoms in total. The Hall–Kier alpha value is -2.22. The minimum absolute atomic E-state index is 0.0271. The van der Waals surface area contributed by atoms with E-state index in [0.717, 1.165) is 23.5 Å². The van der Waals surface area contributed by atoms with Gasteiger partial charge >= 0.3 is 0 Å². The molecule has 0 saturated carbocycles. The number of hydrogen-bond acceptors (Lipinski definition) is 6. The van der Waals surface area contributed by atoms with Gasteiger partial charge in [-0.2, -0.15) is 5.10 Å². The summed E-state index contributed by atoms with van der Waals surface area (Å²) in [5.41, 5.74) is 0.454. The van der Waals surface area contributed by atoms with Crippen LogP contribution in [0.25, 0.3) is 0 Å². The molecule has 0 bridgehead atoms. The number of carbonyl (C=O) groups is 1. The second-order valence-electron chi connectivity index (χ2n) is 5.72. The smallest absolute Gasteiger partial charge is 0.269 e. The van der Waals surface area contributed by atoms with Gasteiger partial charge in [-0.3, -0.25) is 9.59 Å². The van der Waals surface area contributed by atoms with Crippen molar-refractivity contribution in [1.82, 2.24) is 19.7 Å². The summed E-state index contributed by atoms with van der Waals surface area (Å²) in [6.07, 6.45) is 5.23. The standard InChI is InChI=1S/C15H19N5O2S/c1-18(2)11-8-13(21)20(17-9-11)10-14(22)19-6-3-4-12(19)15-16-5-7-23-15/h5,7-9,12H,3-4,6,10H2,1-2H3. The van der Waals surface area contributed by atoms with E-state index < -0.39 is 0 Å². The molecule has 2 aromatic heterocycles. The third-order valence-corrected chi connectivity index (χ3v) is 4.84. The fourth-order valence-electron chi connectivity index (χ4n) is 2.73. The second-order valence-corrected chi connectivity index (χ2v) is 6.65. The normalized spacial score (nSPS) is 17.5. The highest BCUT2D eigenvalue weighted by Gasteiger charge is 2.31. The Kier molecular flexibility index (Phi) is 4.42. The summed E-state index contributed by atoms with van der Waals surface area (Å²) < 4.78 is 1.21. The van der Waals surface area contributed by atoms with Crippen LogP contribution in [0.15, 0.2) is 28.6 Å². The highest BCUT2D eigenvalue weighted by molar-refractivity contribution is 7.09. The Bertz CT molecular complexity index is 741. The first-order chi connectivity index (χ1) is 11.1. The SMILES string of the molecule is CN(C)c1cnn(CC(=O)N2CCCC2c2nccs2)c(=O)c1. The molecule has 2 aromatic rings. The van der Waals surface area contributed by atoms with E-state index in [1.54, 1.807) is 28.6 Å². The summed E-state index contributed by atoms with van der Waals surface area (Å²) in [6.45, 7) is 0.669. The van der Waals surface area contributed by atoms with Crippen molar-refractivity contribution < 1.29 is 4.79 Å². The summed E-state index contributed by atoms with van der Waals surface area (Å²) in [7, 11) is 3.68. The third kappa shape index (κ3) is 3.26. The quantitative estimate of drug-likeness (QED) is 0.839. The van der Waals surface area contributed by atoms with Crippen molar-refractivity contribution >= 4 is 22.9 Å². The number of nitrogens with zero attached hydrogens (tertiary/aromatic N) is 5. The lowest BCUT2D eigenvalue weighted by molar-refractivity contribution is -0.133. The molecule has 1 aliphatic rings. The molecule has 1 atom stereocenters. The van der Waals surface area contributed by atoms with Crippen LogP contribution in [0.1, 0.15) is 23.9 Å². The minimum Gasteiger partial charge on any atom is -0.376 e. The average Bonchev–Trinajstić information content (AvgIpc) is 3.19. The lowest BCUT2D eigenvalue weighted by Crippen LogP contribution is -2.37. The van der Waals surface area contributed by atoms with Gasteiger partial charge in [-0.15, -0.1) is 11.3 Å². The van der Waals surface area contributed by atoms with E-state index in [-0.39, 0.29) is 24.1 Å². The Morgan fingerprint density at radius 2 is 2.30 bits per heavy atom. The van der Waals surface area contributed by atoms with Crippen LogP contribution >= 0.6 is 11.3 Å². The van der Waals surface area contributed by atoms with Crippen LogP contribution in [0.5, 0.6) is 0 Å². The molecule has 0 N–H and O–H groups in total. The average molecular weight is 333 g/mol. The molecule has 0 aromatic carbocycles. The number of likely N-dealkylation sites (tertiary alicyclic amines) is 1. The van der Waals surface area contributed by atoms with Crippen LogP contribution in [0.2, 0.25) is 0 Å². The van der Waals surface area contributed by atoms with Crippen molar-refractivity contribution in [2.45, 2.75) is 25.4 Å². The lowest BCUT2D eigenvalue weighted by atomic mass is 10.2. The van der Waals surface area contributed by atoms with Gasteiger partial charge in [0.15, 0.2) is 0 Å². The van der Waals surface area contributed by atoms with Gasteiger partial charge in [0, 0.05) is 38.3 Å². The highest BCUT2D eigenvalue weighted by atomic mass is 32.1. The Labute approximate surface area is 138 Å². The fourth-order valence-corrected chi connectivity index (χ4v) is 3.51. The van der Waals surface area contributed by atoms with E-state index >= 15 is 0 Å². The molecular weight excluding hydrogens is 314 g/mol. The van der Waals surface area contributed by atoms with Gasteiger partial charge in [-0.05, 0) is 12.8 Å². The first kappa shape index (κ1) is 15.7. The largest absolute Gasteiger partial charge is 0.376 e. The molecule has 23 heavy (non-hydrogen) atoms. The van der Waals surface area contributed by atoms with Crippen molar-refractivity contribution in [3.8, 4) is 0 Å². The third-order valence-electron chi connectivity index (χ3n) is 3.97. The van der Waals surface area contributed by atoms with Crippen molar-refractivity contribution in [3.63, 3.8) is 0 Å². The predicted octanol–water partition coefficient (Wildman–Crippen LogP) is 1.13. The van der Waals surface area contributed by atoms with Crippen molar-refractivity contribution in [2.24, 2.45) is 0 Å². The van der Waals surface area contributed by atoms with Crippen molar-refractivity contribution in [3.05, 3.63) is 39.2 Å². The highest BCUT2D eigenvalue weighted by Crippen LogP contribution is 2.32. The molecule has 0 aliphatic carbocycles. The van der Waals surface area contributed by atoms with Gasteiger partial charge in [-0.1, -0.05) is 0 Å². The molecule has 8 heteroatoms. The number of anilines is 1. The van der Waals surface area contributed by atoms with Crippen LogP contribution in [0.4, 0.5) is 5.69 Å². The summed E-state index contributed by atoms with van der Waals surface area (Å²) in [5.74, 6) is -0.0881. The van der Waals surface area contributed by atoms with E-state index in [9.17, 15) is 9.59 Å².